The predicted octanol–water partition coefficient (Wildman–Crippen LogP) is 5.15. The van der Waals surface area contributed by atoms with E-state index in [2.05, 4.69) is 35.8 Å². The summed E-state index contributed by atoms with van der Waals surface area (Å²) in [5.74, 6) is -0.928. The quantitative estimate of drug-likeness (QED) is 0.226. The SMILES string of the molecule is O=C(Cc1ccccc1OC(F)(F)F)Nc1ccc(CCCCc2nnc(NC(=O)Cc3ccccc3)s2)nn1. The van der Waals surface area contributed by atoms with E-state index in [1.54, 1.807) is 12.1 Å². The summed E-state index contributed by atoms with van der Waals surface area (Å²) in [7, 11) is 0. The highest BCUT2D eigenvalue weighted by Gasteiger charge is 2.32. The van der Waals surface area contributed by atoms with Gasteiger partial charge in [0.1, 0.15) is 10.8 Å². The zero-order valence-corrected chi connectivity index (χ0v) is 22.0. The maximum Gasteiger partial charge on any atom is 0.573 e. The van der Waals surface area contributed by atoms with Crippen LogP contribution in [-0.4, -0.2) is 38.6 Å². The van der Waals surface area contributed by atoms with Gasteiger partial charge in [-0.1, -0.05) is 59.9 Å². The molecule has 0 spiro atoms. The van der Waals surface area contributed by atoms with Gasteiger partial charge in [0.2, 0.25) is 16.9 Å². The van der Waals surface area contributed by atoms with Crippen LogP contribution in [0, 0.1) is 0 Å². The lowest BCUT2D eigenvalue weighted by atomic mass is 10.1. The lowest BCUT2D eigenvalue weighted by molar-refractivity contribution is -0.274. The Kier molecular flexibility index (Phi) is 9.73. The molecule has 0 atom stereocenters. The van der Waals surface area contributed by atoms with E-state index in [9.17, 15) is 22.8 Å². The molecule has 2 amide bonds. The third-order valence-electron chi connectivity index (χ3n) is 5.53. The van der Waals surface area contributed by atoms with Gasteiger partial charge in [0.15, 0.2) is 5.82 Å². The topological polar surface area (TPSA) is 119 Å². The fraction of sp³-hybridized carbons (Fsp3) is 0.259. The third kappa shape index (κ3) is 9.42. The fourth-order valence-corrected chi connectivity index (χ4v) is 4.52. The number of para-hydroxylation sites is 1. The van der Waals surface area contributed by atoms with Gasteiger partial charge >= 0.3 is 6.36 Å². The van der Waals surface area contributed by atoms with Gasteiger partial charge < -0.3 is 15.4 Å². The standard InChI is InChI=1S/C27H25F3N6O3S/c28-27(29,30)39-21-12-6-4-10-19(21)17-24(38)31-22-15-14-20(33-34-22)11-5-7-13-25-35-36-26(40-25)32-23(37)16-18-8-2-1-3-9-18/h1-4,6,8-10,12,14-15H,5,7,11,13,16-17H2,(H,31,34,38)(H,32,36,37). The summed E-state index contributed by atoms with van der Waals surface area (Å²) >= 11 is 1.34. The number of alkyl halides is 3. The molecule has 0 bridgehead atoms. The number of hydrogen-bond acceptors (Lipinski definition) is 8. The molecule has 13 heteroatoms. The number of carbonyl (C=O) groups excluding carboxylic acids is 2. The van der Waals surface area contributed by atoms with Crippen molar-refractivity contribution in [2.45, 2.75) is 44.9 Å². The van der Waals surface area contributed by atoms with Crippen molar-refractivity contribution < 1.29 is 27.5 Å². The van der Waals surface area contributed by atoms with Gasteiger partial charge in [-0.2, -0.15) is 5.10 Å². The lowest BCUT2D eigenvalue weighted by Crippen LogP contribution is -2.20. The summed E-state index contributed by atoms with van der Waals surface area (Å²) in [5, 5.41) is 22.9. The van der Waals surface area contributed by atoms with E-state index in [4.69, 9.17) is 0 Å². The number of halogens is 3. The number of hydrogen-bond donors (Lipinski definition) is 2. The van der Waals surface area contributed by atoms with Crippen LogP contribution in [0.3, 0.4) is 0 Å². The number of rotatable bonds is 12. The second-order valence-corrected chi connectivity index (χ2v) is 9.77. The highest BCUT2D eigenvalue weighted by Crippen LogP contribution is 2.26. The Labute approximate surface area is 231 Å². The van der Waals surface area contributed by atoms with E-state index < -0.39 is 18.0 Å². The summed E-state index contributed by atoms with van der Waals surface area (Å²) in [5.41, 5.74) is 1.75. The van der Waals surface area contributed by atoms with Crippen LogP contribution in [-0.2, 0) is 35.3 Å². The average Bonchev–Trinajstić information content (AvgIpc) is 3.35. The summed E-state index contributed by atoms with van der Waals surface area (Å²) in [6.45, 7) is 0. The Hall–Kier alpha value is -4.39. The molecular formula is C27H25F3N6O3S. The van der Waals surface area contributed by atoms with Gasteiger partial charge in [-0.05, 0) is 43.0 Å². The Morgan fingerprint density at radius 3 is 2.25 bits per heavy atom. The van der Waals surface area contributed by atoms with Crippen molar-refractivity contribution in [3.05, 3.63) is 88.6 Å². The zero-order valence-electron chi connectivity index (χ0n) is 21.1. The Balaban J connectivity index is 1.17. The summed E-state index contributed by atoms with van der Waals surface area (Å²) in [4.78, 5) is 24.5. The average molecular weight is 571 g/mol. The molecule has 0 radical (unpaired) electrons. The molecule has 0 unspecified atom stereocenters. The molecule has 0 aliphatic heterocycles. The highest BCUT2D eigenvalue weighted by atomic mass is 32.1. The molecule has 0 aliphatic carbocycles. The maximum absolute atomic E-state index is 12.6. The van der Waals surface area contributed by atoms with Gasteiger partial charge in [-0.25, -0.2) is 0 Å². The molecule has 0 saturated carbocycles. The highest BCUT2D eigenvalue weighted by molar-refractivity contribution is 7.15. The summed E-state index contributed by atoms with van der Waals surface area (Å²) in [6.07, 6.45) is -1.91. The van der Waals surface area contributed by atoms with E-state index in [1.165, 1.54) is 29.5 Å². The molecule has 0 fully saturated rings. The number of anilines is 2. The van der Waals surface area contributed by atoms with Crippen LogP contribution in [0.5, 0.6) is 5.75 Å². The number of unbranched alkanes of at least 4 members (excludes halogenated alkanes) is 1. The van der Waals surface area contributed by atoms with Crippen LogP contribution < -0.4 is 15.4 Å². The predicted molar refractivity (Wildman–Crippen MR) is 143 cm³/mol. The van der Waals surface area contributed by atoms with Crippen molar-refractivity contribution in [2.24, 2.45) is 0 Å². The zero-order chi connectivity index (χ0) is 28.4. The maximum atomic E-state index is 12.6. The number of aryl methyl sites for hydroxylation is 2. The van der Waals surface area contributed by atoms with Crippen molar-refractivity contribution in [1.29, 1.82) is 0 Å². The van der Waals surface area contributed by atoms with Gasteiger partial charge in [0.05, 0.1) is 18.5 Å². The van der Waals surface area contributed by atoms with Crippen molar-refractivity contribution in [2.75, 3.05) is 10.6 Å². The van der Waals surface area contributed by atoms with Crippen LogP contribution in [0.25, 0.3) is 0 Å². The molecule has 2 N–H and O–H groups in total. The molecule has 0 aliphatic rings. The molecule has 4 aromatic rings. The molecule has 2 aromatic carbocycles. The van der Waals surface area contributed by atoms with E-state index in [0.29, 0.717) is 18.0 Å². The Morgan fingerprint density at radius 1 is 0.775 bits per heavy atom. The van der Waals surface area contributed by atoms with Crippen LogP contribution in [0.15, 0.2) is 66.7 Å². The summed E-state index contributed by atoms with van der Waals surface area (Å²) in [6, 6.07) is 18.2. The molecule has 40 heavy (non-hydrogen) atoms. The van der Waals surface area contributed by atoms with E-state index in [1.807, 2.05) is 30.3 Å². The largest absolute Gasteiger partial charge is 0.573 e. The minimum Gasteiger partial charge on any atom is -0.405 e. The van der Waals surface area contributed by atoms with Gasteiger partial charge in [-0.3, -0.25) is 9.59 Å². The molecule has 208 valence electrons. The number of carbonyl (C=O) groups is 2. The number of benzene rings is 2. The smallest absolute Gasteiger partial charge is 0.405 e. The van der Waals surface area contributed by atoms with Crippen LogP contribution in [0.2, 0.25) is 0 Å². The minimum absolute atomic E-state index is 0.0963. The van der Waals surface area contributed by atoms with E-state index in [0.717, 1.165) is 35.2 Å². The van der Waals surface area contributed by atoms with Crippen molar-refractivity contribution >= 4 is 34.1 Å². The molecule has 9 nitrogen and oxygen atoms in total. The Bertz CT molecular complexity index is 1420. The van der Waals surface area contributed by atoms with Crippen LogP contribution in [0.4, 0.5) is 24.1 Å². The van der Waals surface area contributed by atoms with Crippen molar-refractivity contribution in [3.8, 4) is 5.75 Å². The molecular weight excluding hydrogens is 545 g/mol. The lowest BCUT2D eigenvalue weighted by Gasteiger charge is -2.13. The second kappa shape index (κ2) is 13.6. The molecule has 4 rings (SSSR count). The number of amides is 2. The van der Waals surface area contributed by atoms with Crippen LogP contribution in [0.1, 0.15) is 34.7 Å². The van der Waals surface area contributed by atoms with Crippen LogP contribution >= 0.6 is 11.3 Å². The Morgan fingerprint density at radius 2 is 1.50 bits per heavy atom. The fourth-order valence-electron chi connectivity index (χ4n) is 3.73. The summed E-state index contributed by atoms with van der Waals surface area (Å²) < 4.78 is 41.7. The minimum atomic E-state index is -4.85. The first-order valence-corrected chi connectivity index (χ1v) is 13.2. The molecule has 2 heterocycles. The number of ether oxygens (including phenoxy) is 1. The molecule has 0 saturated heterocycles. The monoisotopic (exact) mass is 570 g/mol. The molecule has 2 aromatic heterocycles. The number of aromatic nitrogens is 4. The van der Waals surface area contributed by atoms with Crippen molar-refractivity contribution in [1.82, 2.24) is 20.4 Å². The second-order valence-electron chi connectivity index (χ2n) is 8.71. The van der Waals surface area contributed by atoms with Crippen molar-refractivity contribution in [3.63, 3.8) is 0 Å². The van der Waals surface area contributed by atoms with E-state index >= 15 is 0 Å². The first kappa shape index (κ1) is 28.6. The number of nitrogens with one attached hydrogen (secondary N) is 2. The normalized spacial score (nSPS) is 11.2. The van der Waals surface area contributed by atoms with Gasteiger partial charge in [-0.15, -0.1) is 28.5 Å². The number of nitrogens with zero attached hydrogens (tertiary/aromatic N) is 4. The first-order chi connectivity index (χ1) is 19.2. The first-order valence-electron chi connectivity index (χ1n) is 12.4. The van der Waals surface area contributed by atoms with Gasteiger partial charge in [0.25, 0.3) is 0 Å². The van der Waals surface area contributed by atoms with Gasteiger partial charge in [0, 0.05) is 12.0 Å². The third-order valence-corrected chi connectivity index (χ3v) is 6.43. The van der Waals surface area contributed by atoms with E-state index in [-0.39, 0.29) is 30.1 Å².